The molecule has 2 unspecified atom stereocenters. The maximum absolute atomic E-state index is 11.6. The number of thiazole rings is 1. The molecular formula is C12H20N2O2S2. The number of aromatic nitrogens is 1. The molecular weight excluding hydrogens is 268 g/mol. The Kier molecular flexibility index (Phi) is 4.40. The average Bonchev–Trinajstić information content (AvgIpc) is 2.72. The largest absolute Gasteiger partial charge is 0.308 e. The fourth-order valence-corrected chi connectivity index (χ4v) is 4.25. The average molecular weight is 288 g/mol. The highest BCUT2D eigenvalue weighted by Crippen LogP contribution is 2.24. The summed E-state index contributed by atoms with van der Waals surface area (Å²) in [5.74, 6) is 0. The van der Waals surface area contributed by atoms with E-state index in [1.165, 1.54) is 6.26 Å². The number of nitrogens with one attached hydrogen (secondary N) is 1. The van der Waals surface area contributed by atoms with Crippen LogP contribution in [-0.2, 0) is 16.4 Å². The van der Waals surface area contributed by atoms with E-state index in [0.29, 0.717) is 6.04 Å². The van der Waals surface area contributed by atoms with E-state index >= 15 is 0 Å². The quantitative estimate of drug-likeness (QED) is 0.919. The fraction of sp³-hybridized carbons (Fsp3) is 0.750. The van der Waals surface area contributed by atoms with Crippen molar-refractivity contribution in [1.82, 2.24) is 10.3 Å². The van der Waals surface area contributed by atoms with E-state index in [9.17, 15) is 8.42 Å². The van der Waals surface area contributed by atoms with Crippen molar-refractivity contribution in [3.63, 3.8) is 0 Å². The van der Waals surface area contributed by atoms with Gasteiger partial charge in [-0.05, 0) is 26.2 Å². The van der Waals surface area contributed by atoms with Crippen molar-refractivity contribution >= 4 is 21.2 Å². The van der Waals surface area contributed by atoms with Gasteiger partial charge in [-0.25, -0.2) is 13.4 Å². The van der Waals surface area contributed by atoms with Crippen LogP contribution in [0.2, 0.25) is 0 Å². The van der Waals surface area contributed by atoms with Crippen molar-refractivity contribution in [2.75, 3.05) is 6.26 Å². The molecule has 0 bridgehead atoms. The molecule has 0 aliphatic heterocycles. The summed E-state index contributed by atoms with van der Waals surface area (Å²) in [6.45, 7) is 2.74. The molecule has 0 saturated heterocycles. The van der Waals surface area contributed by atoms with Crippen LogP contribution in [0, 0.1) is 6.92 Å². The highest BCUT2D eigenvalue weighted by molar-refractivity contribution is 7.91. The van der Waals surface area contributed by atoms with Crippen molar-refractivity contribution in [1.29, 1.82) is 0 Å². The topological polar surface area (TPSA) is 59.1 Å². The van der Waals surface area contributed by atoms with Gasteiger partial charge in [-0.3, -0.25) is 0 Å². The van der Waals surface area contributed by atoms with Crippen LogP contribution in [0.1, 0.15) is 36.4 Å². The van der Waals surface area contributed by atoms with Crippen LogP contribution in [-0.4, -0.2) is 30.9 Å². The molecule has 6 heteroatoms. The highest BCUT2D eigenvalue weighted by atomic mass is 32.2. The minimum absolute atomic E-state index is 0.166. The van der Waals surface area contributed by atoms with Gasteiger partial charge in [0.1, 0.15) is 9.84 Å². The standard InChI is InChI=1S/C12H20N2O2S2/c1-9-14-11(8-17-9)7-13-10-4-3-5-12(6-10)18(2,15)16/h8,10,12-13H,3-7H2,1-2H3. The Morgan fingerprint density at radius 1 is 1.50 bits per heavy atom. The summed E-state index contributed by atoms with van der Waals surface area (Å²) in [7, 11) is -2.89. The van der Waals surface area contributed by atoms with Crippen molar-refractivity contribution in [3.8, 4) is 0 Å². The van der Waals surface area contributed by atoms with Gasteiger partial charge in [0, 0.05) is 24.2 Å². The van der Waals surface area contributed by atoms with Crippen LogP contribution < -0.4 is 5.32 Å². The summed E-state index contributed by atoms with van der Waals surface area (Å²) in [6, 6.07) is 0.306. The Hall–Kier alpha value is -0.460. The molecule has 0 spiro atoms. The molecule has 1 aromatic rings. The van der Waals surface area contributed by atoms with Gasteiger partial charge in [0.2, 0.25) is 0 Å². The Labute approximate surface area is 113 Å². The third-order valence-corrected chi connectivity index (χ3v) is 5.93. The Bertz CT molecular complexity index is 496. The molecule has 102 valence electrons. The summed E-state index contributed by atoms with van der Waals surface area (Å²) in [5, 5.41) is 6.40. The Morgan fingerprint density at radius 3 is 2.89 bits per heavy atom. The number of hydrogen-bond acceptors (Lipinski definition) is 5. The van der Waals surface area contributed by atoms with Gasteiger partial charge in [0.15, 0.2) is 0 Å². The van der Waals surface area contributed by atoms with E-state index in [1.807, 2.05) is 6.92 Å². The number of hydrogen-bond donors (Lipinski definition) is 1. The minimum atomic E-state index is -2.89. The lowest BCUT2D eigenvalue weighted by atomic mass is 9.95. The third-order valence-electron chi connectivity index (χ3n) is 3.47. The van der Waals surface area contributed by atoms with E-state index in [0.717, 1.165) is 42.9 Å². The lowest BCUT2D eigenvalue weighted by Crippen LogP contribution is -2.38. The second kappa shape index (κ2) is 5.67. The van der Waals surface area contributed by atoms with E-state index in [4.69, 9.17) is 0 Å². The molecule has 1 aliphatic rings. The van der Waals surface area contributed by atoms with Gasteiger partial charge in [0.25, 0.3) is 0 Å². The number of rotatable bonds is 4. The van der Waals surface area contributed by atoms with E-state index in [2.05, 4.69) is 15.7 Å². The maximum Gasteiger partial charge on any atom is 0.150 e. The summed E-state index contributed by atoms with van der Waals surface area (Å²) >= 11 is 1.65. The third kappa shape index (κ3) is 3.76. The molecule has 18 heavy (non-hydrogen) atoms. The molecule has 2 rings (SSSR count). The second-order valence-electron chi connectivity index (χ2n) is 5.05. The zero-order valence-corrected chi connectivity index (χ0v) is 12.5. The summed E-state index contributed by atoms with van der Waals surface area (Å²) < 4.78 is 23.1. The molecule has 0 aromatic carbocycles. The molecule has 1 N–H and O–H groups in total. The van der Waals surface area contributed by atoms with Gasteiger partial charge in [-0.1, -0.05) is 6.42 Å². The summed E-state index contributed by atoms with van der Waals surface area (Å²) in [6.07, 6.45) is 4.96. The molecule has 0 amide bonds. The molecule has 1 fully saturated rings. The summed E-state index contributed by atoms with van der Waals surface area (Å²) in [5.41, 5.74) is 1.05. The molecule has 1 aromatic heterocycles. The maximum atomic E-state index is 11.6. The van der Waals surface area contributed by atoms with Crippen LogP contribution in [0.3, 0.4) is 0 Å². The van der Waals surface area contributed by atoms with E-state index in [-0.39, 0.29) is 5.25 Å². The molecule has 1 saturated carbocycles. The van der Waals surface area contributed by atoms with E-state index in [1.54, 1.807) is 11.3 Å². The molecule has 0 radical (unpaired) electrons. The monoisotopic (exact) mass is 288 g/mol. The Balaban J connectivity index is 1.86. The van der Waals surface area contributed by atoms with Gasteiger partial charge < -0.3 is 5.32 Å². The Morgan fingerprint density at radius 2 is 2.28 bits per heavy atom. The predicted molar refractivity (Wildman–Crippen MR) is 74.6 cm³/mol. The SMILES string of the molecule is Cc1nc(CNC2CCCC(S(C)(=O)=O)C2)cs1. The van der Waals surface area contributed by atoms with Gasteiger partial charge in [-0.2, -0.15) is 0 Å². The van der Waals surface area contributed by atoms with Crippen LogP contribution in [0.15, 0.2) is 5.38 Å². The predicted octanol–water partition coefficient (Wildman–Crippen LogP) is 1.90. The summed E-state index contributed by atoms with van der Waals surface area (Å²) in [4.78, 5) is 4.40. The first kappa shape index (κ1) is 14.0. The number of sulfone groups is 1. The van der Waals surface area contributed by atoms with Crippen molar-refractivity contribution in [3.05, 3.63) is 16.1 Å². The molecule has 1 aliphatic carbocycles. The first-order valence-electron chi connectivity index (χ1n) is 6.28. The zero-order chi connectivity index (χ0) is 13.2. The minimum Gasteiger partial charge on any atom is -0.308 e. The van der Waals surface area contributed by atoms with Gasteiger partial charge >= 0.3 is 0 Å². The van der Waals surface area contributed by atoms with Crippen molar-refractivity contribution in [2.24, 2.45) is 0 Å². The molecule has 1 heterocycles. The van der Waals surface area contributed by atoms with Gasteiger partial charge in [-0.15, -0.1) is 11.3 Å². The van der Waals surface area contributed by atoms with Crippen LogP contribution in [0.25, 0.3) is 0 Å². The lowest BCUT2D eigenvalue weighted by Gasteiger charge is -2.28. The van der Waals surface area contributed by atoms with Crippen molar-refractivity contribution < 1.29 is 8.42 Å². The lowest BCUT2D eigenvalue weighted by molar-refractivity contribution is 0.370. The zero-order valence-electron chi connectivity index (χ0n) is 10.8. The van der Waals surface area contributed by atoms with Crippen LogP contribution >= 0.6 is 11.3 Å². The molecule has 4 nitrogen and oxygen atoms in total. The van der Waals surface area contributed by atoms with E-state index < -0.39 is 9.84 Å². The van der Waals surface area contributed by atoms with Crippen LogP contribution in [0.4, 0.5) is 0 Å². The second-order valence-corrected chi connectivity index (χ2v) is 8.44. The number of nitrogens with zero attached hydrogens (tertiary/aromatic N) is 1. The smallest absolute Gasteiger partial charge is 0.150 e. The number of aryl methyl sites for hydroxylation is 1. The van der Waals surface area contributed by atoms with Gasteiger partial charge in [0.05, 0.1) is 16.0 Å². The first-order chi connectivity index (χ1) is 8.45. The van der Waals surface area contributed by atoms with Crippen molar-refractivity contribution in [2.45, 2.75) is 50.4 Å². The highest BCUT2D eigenvalue weighted by Gasteiger charge is 2.28. The van der Waals surface area contributed by atoms with Crippen LogP contribution in [0.5, 0.6) is 0 Å². The molecule has 2 atom stereocenters. The normalized spacial score (nSPS) is 25.2. The first-order valence-corrected chi connectivity index (χ1v) is 9.12. The fourth-order valence-electron chi connectivity index (χ4n) is 2.46.